The maximum absolute atomic E-state index is 11.2. The summed E-state index contributed by atoms with van der Waals surface area (Å²) >= 11 is 0. The van der Waals surface area contributed by atoms with Crippen LogP contribution in [0.15, 0.2) is 18.2 Å². The van der Waals surface area contributed by atoms with Gasteiger partial charge in [0.15, 0.2) is 11.5 Å². The van der Waals surface area contributed by atoms with Gasteiger partial charge in [0.25, 0.3) is 0 Å². The second-order valence-corrected chi connectivity index (χ2v) is 4.57. The number of hydrogen-bond acceptors (Lipinski definition) is 5. The van der Waals surface area contributed by atoms with Crippen LogP contribution >= 0.6 is 0 Å². The molecule has 21 heavy (non-hydrogen) atoms. The molecule has 0 radical (unpaired) electrons. The van der Waals surface area contributed by atoms with E-state index in [0.717, 1.165) is 19.3 Å². The molecule has 5 nitrogen and oxygen atoms in total. The normalized spacial score (nSPS) is 10.2. The van der Waals surface area contributed by atoms with E-state index < -0.39 is 0 Å². The van der Waals surface area contributed by atoms with E-state index in [9.17, 15) is 9.90 Å². The molecule has 0 aliphatic rings. The summed E-state index contributed by atoms with van der Waals surface area (Å²) in [5.74, 6) is 1.06. The maximum atomic E-state index is 11.2. The number of hydrogen-bond donors (Lipinski definition) is 1. The molecule has 0 atom stereocenters. The van der Waals surface area contributed by atoms with Crippen molar-refractivity contribution in [2.24, 2.45) is 0 Å². The lowest BCUT2D eigenvalue weighted by Gasteiger charge is -2.13. The Kier molecular flexibility index (Phi) is 8.28. The van der Waals surface area contributed by atoms with Crippen LogP contribution in [0.2, 0.25) is 0 Å². The van der Waals surface area contributed by atoms with Crippen LogP contribution in [0.4, 0.5) is 0 Å². The van der Waals surface area contributed by atoms with Crippen molar-refractivity contribution in [1.82, 2.24) is 0 Å². The first-order valence-corrected chi connectivity index (χ1v) is 7.28. The van der Waals surface area contributed by atoms with Crippen LogP contribution in [0.25, 0.3) is 0 Å². The first-order valence-electron chi connectivity index (χ1n) is 7.28. The van der Waals surface area contributed by atoms with Crippen molar-refractivity contribution >= 4 is 5.97 Å². The summed E-state index contributed by atoms with van der Waals surface area (Å²) in [6.45, 7) is 2.67. The van der Waals surface area contributed by atoms with Crippen LogP contribution in [-0.2, 0) is 16.1 Å². The van der Waals surface area contributed by atoms with Crippen LogP contribution in [0.3, 0.4) is 0 Å². The minimum Gasteiger partial charge on any atom is -0.493 e. The molecular weight excluding hydrogens is 272 g/mol. The molecular formula is C16H24O5. The number of aliphatic hydroxyl groups excluding tert-OH is 1. The number of rotatable bonds is 10. The predicted octanol–water partition coefficient (Wildman–Crippen LogP) is 2.69. The number of para-hydroxylation sites is 1. The van der Waals surface area contributed by atoms with E-state index >= 15 is 0 Å². The topological polar surface area (TPSA) is 65.0 Å². The number of carbonyl (C=O) groups is 1. The molecule has 0 bridgehead atoms. The molecule has 0 fully saturated rings. The van der Waals surface area contributed by atoms with Gasteiger partial charge in [-0.05, 0) is 32.3 Å². The number of ether oxygens (including phenoxy) is 3. The molecule has 0 saturated heterocycles. The average Bonchev–Trinajstić information content (AvgIpc) is 2.50. The number of esters is 1. The predicted molar refractivity (Wildman–Crippen MR) is 79.5 cm³/mol. The molecule has 0 aromatic heterocycles. The molecule has 5 heteroatoms. The third-order valence-corrected chi connectivity index (χ3v) is 3.03. The first kappa shape index (κ1) is 17.3. The van der Waals surface area contributed by atoms with Crippen LogP contribution < -0.4 is 9.47 Å². The van der Waals surface area contributed by atoms with Crippen molar-refractivity contribution in [3.05, 3.63) is 23.8 Å². The maximum Gasteiger partial charge on any atom is 0.305 e. The summed E-state index contributed by atoms with van der Waals surface area (Å²) in [6.07, 6.45) is 2.97. The highest BCUT2D eigenvalue weighted by atomic mass is 16.5. The molecule has 0 heterocycles. The van der Waals surface area contributed by atoms with Crippen LogP contribution in [0.5, 0.6) is 11.5 Å². The van der Waals surface area contributed by atoms with Crippen molar-refractivity contribution in [2.75, 3.05) is 20.3 Å². The Morgan fingerprint density at radius 3 is 2.71 bits per heavy atom. The first-order chi connectivity index (χ1) is 10.2. The van der Waals surface area contributed by atoms with Gasteiger partial charge in [-0.2, -0.15) is 0 Å². The van der Waals surface area contributed by atoms with E-state index in [1.807, 2.05) is 6.07 Å². The van der Waals surface area contributed by atoms with E-state index in [1.165, 1.54) is 0 Å². The fourth-order valence-electron chi connectivity index (χ4n) is 1.97. The van der Waals surface area contributed by atoms with Crippen LogP contribution in [0, 0.1) is 0 Å². The zero-order valence-corrected chi connectivity index (χ0v) is 12.8. The van der Waals surface area contributed by atoms with Crippen molar-refractivity contribution < 1.29 is 24.1 Å². The molecule has 1 aromatic carbocycles. The van der Waals surface area contributed by atoms with Crippen molar-refractivity contribution in [3.8, 4) is 11.5 Å². The van der Waals surface area contributed by atoms with Crippen molar-refractivity contribution in [3.63, 3.8) is 0 Å². The molecule has 1 rings (SSSR count). The highest BCUT2D eigenvalue weighted by Crippen LogP contribution is 2.31. The molecule has 0 unspecified atom stereocenters. The smallest absolute Gasteiger partial charge is 0.305 e. The Labute approximate surface area is 125 Å². The van der Waals surface area contributed by atoms with E-state index in [1.54, 1.807) is 26.2 Å². The van der Waals surface area contributed by atoms with Crippen molar-refractivity contribution in [1.29, 1.82) is 0 Å². The fraction of sp³-hybridized carbons (Fsp3) is 0.562. The Morgan fingerprint density at radius 2 is 2.05 bits per heavy atom. The summed E-state index contributed by atoms with van der Waals surface area (Å²) in [4.78, 5) is 11.2. The zero-order valence-electron chi connectivity index (χ0n) is 12.8. The number of carbonyl (C=O) groups excluding carboxylic acids is 1. The van der Waals surface area contributed by atoms with Gasteiger partial charge >= 0.3 is 5.97 Å². The highest BCUT2D eigenvalue weighted by Gasteiger charge is 2.09. The minimum atomic E-state index is -0.147. The SMILES string of the molecule is CCOC(=O)CCCCCOc1c(CO)cccc1OC. The third kappa shape index (κ3) is 6.04. The van der Waals surface area contributed by atoms with E-state index in [-0.39, 0.29) is 12.6 Å². The van der Waals surface area contributed by atoms with Gasteiger partial charge in [0.05, 0.1) is 26.9 Å². The van der Waals surface area contributed by atoms with E-state index in [2.05, 4.69) is 0 Å². The zero-order chi connectivity index (χ0) is 15.5. The van der Waals surface area contributed by atoms with Gasteiger partial charge in [0.2, 0.25) is 0 Å². The second kappa shape index (κ2) is 10.0. The van der Waals surface area contributed by atoms with E-state index in [4.69, 9.17) is 14.2 Å². The Morgan fingerprint density at radius 1 is 1.24 bits per heavy atom. The van der Waals surface area contributed by atoms with Gasteiger partial charge in [-0.25, -0.2) is 0 Å². The fourth-order valence-corrected chi connectivity index (χ4v) is 1.97. The van der Waals surface area contributed by atoms with Gasteiger partial charge < -0.3 is 19.3 Å². The molecule has 0 spiro atoms. The summed E-state index contributed by atoms with van der Waals surface area (Å²) < 4.78 is 15.8. The lowest BCUT2D eigenvalue weighted by atomic mass is 10.2. The number of aliphatic hydroxyl groups is 1. The molecule has 0 amide bonds. The molecule has 1 aromatic rings. The molecule has 118 valence electrons. The lowest BCUT2D eigenvalue weighted by Crippen LogP contribution is -2.05. The van der Waals surface area contributed by atoms with Gasteiger partial charge in [-0.1, -0.05) is 12.1 Å². The summed E-state index contributed by atoms with van der Waals surface area (Å²) in [5.41, 5.74) is 0.709. The standard InChI is InChI=1S/C16H24O5/c1-3-20-15(18)10-5-4-6-11-21-16-13(12-17)8-7-9-14(16)19-2/h7-9,17H,3-6,10-12H2,1-2H3. The second-order valence-electron chi connectivity index (χ2n) is 4.57. The lowest BCUT2D eigenvalue weighted by molar-refractivity contribution is -0.143. The Hall–Kier alpha value is -1.75. The van der Waals surface area contributed by atoms with E-state index in [0.29, 0.717) is 36.7 Å². The summed E-state index contributed by atoms with van der Waals surface area (Å²) in [6, 6.07) is 5.42. The molecule has 0 saturated carbocycles. The molecule has 0 aliphatic carbocycles. The van der Waals surface area contributed by atoms with Gasteiger partial charge in [-0.3, -0.25) is 4.79 Å². The van der Waals surface area contributed by atoms with Crippen molar-refractivity contribution in [2.45, 2.75) is 39.2 Å². The number of benzene rings is 1. The number of unbranched alkanes of at least 4 members (excludes halogenated alkanes) is 2. The van der Waals surface area contributed by atoms with Gasteiger partial charge in [-0.15, -0.1) is 0 Å². The number of methoxy groups -OCH3 is 1. The van der Waals surface area contributed by atoms with Gasteiger partial charge in [0, 0.05) is 12.0 Å². The molecule has 0 aliphatic heterocycles. The average molecular weight is 296 g/mol. The quantitative estimate of drug-likeness (QED) is 0.531. The van der Waals surface area contributed by atoms with Gasteiger partial charge in [0.1, 0.15) is 0 Å². The Bertz CT molecular complexity index is 408. The van der Waals surface area contributed by atoms with Crippen LogP contribution in [0.1, 0.15) is 38.2 Å². The third-order valence-electron chi connectivity index (χ3n) is 3.03. The monoisotopic (exact) mass is 296 g/mol. The molecule has 1 N–H and O–H groups in total. The minimum absolute atomic E-state index is 0.0879. The highest BCUT2D eigenvalue weighted by molar-refractivity contribution is 5.69. The Balaban J connectivity index is 2.31. The van der Waals surface area contributed by atoms with Crippen LogP contribution in [-0.4, -0.2) is 31.4 Å². The largest absolute Gasteiger partial charge is 0.493 e. The summed E-state index contributed by atoms with van der Waals surface area (Å²) in [5, 5.41) is 9.30. The summed E-state index contributed by atoms with van der Waals surface area (Å²) in [7, 11) is 1.57.